The number of carboxylic acid groups (broad SMARTS) is 1. The average molecular weight is 302 g/mol. The van der Waals surface area contributed by atoms with Gasteiger partial charge >= 0.3 is 5.97 Å². The van der Waals surface area contributed by atoms with Crippen molar-refractivity contribution in [2.24, 2.45) is 0 Å². The van der Waals surface area contributed by atoms with E-state index in [1.165, 1.54) is 12.1 Å². The Kier molecular flexibility index (Phi) is 5.78. The molecule has 0 aromatic heterocycles. The number of benzene rings is 1. The Labute approximate surface area is 118 Å². The van der Waals surface area contributed by atoms with E-state index in [1.54, 1.807) is 12.1 Å². The van der Waals surface area contributed by atoms with Crippen molar-refractivity contribution in [3.05, 3.63) is 24.3 Å². The Morgan fingerprint density at radius 3 is 2.70 bits per heavy atom. The third kappa shape index (κ3) is 6.39. The average Bonchev–Trinajstić information content (AvgIpc) is 2.26. The summed E-state index contributed by atoms with van der Waals surface area (Å²) in [6.07, 6.45) is 0. The number of rotatable bonds is 8. The summed E-state index contributed by atoms with van der Waals surface area (Å²) in [6, 6.07) is 6.36. The molecule has 0 spiro atoms. The summed E-state index contributed by atoms with van der Waals surface area (Å²) in [5.74, 6) is -1.86. The largest absolute Gasteiger partial charge is 0.492 e. The van der Waals surface area contributed by atoms with Gasteiger partial charge in [0, 0.05) is 12.6 Å². The molecule has 0 radical (unpaired) electrons. The van der Waals surface area contributed by atoms with Crippen molar-refractivity contribution in [2.45, 2.75) is 0 Å². The quantitative estimate of drug-likeness (QED) is 0.724. The minimum absolute atomic E-state index is 0.272. The molecule has 0 aliphatic heterocycles. The predicted octanol–water partition coefficient (Wildman–Crippen LogP) is 0.453. The van der Waals surface area contributed by atoms with Crippen LogP contribution in [0.4, 0.5) is 5.69 Å². The van der Waals surface area contributed by atoms with Gasteiger partial charge < -0.3 is 14.7 Å². The Balaban J connectivity index is 2.66. The van der Waals surface area contributed by atoms with Crippen LogP contribution >= 0.6 is 0 Å². The normalized spacial score (nSPS) is 11.3. The van der Waals surface area contributed by atoms with E-state index >= 15 is 0 Å². The molecule has 0 aliphatic carbocycles. The highest BCUT2D eigenvalue weighted by Gasteiger charge is 2.15. The van der Waals surface area contributed by atoms with Gasteiger partial charge in [0.05, 0.1) is 5.69 Å². The Morgan fingerprint density at radius 1 is 1.40 bits per heavy atom. The molecule has 0 aliphatic rings. The lowest BCUT2D eigenvalue weighted by molar-refractivity contribution is -0.134. The van der Waals surface area contributed by atoms with Crippen molar-refractivity contribution < 1.29 is 23.1 Å². The molecule has 112 valence electrons. The number of aliphatic carboxylic acids is 1. The van der Waals surface area contributed by atoms with Gasteiger partial charge in [-0.1, -0.05) is 6.07 Å². The van der Waals surface area contributed by atoms with Crippen molar-refractivity contribution in [2.75, 3.05) is 37.7 Å². The van der Waals surface area contributed by atoms with Crippen molar-refractivity contribution in [1.29, 1.82) is 0 Å². The molecule has 0 unspecified atom stereocenters. The van der Waals surface area contributed by atoms with Crippen LogP contribution in [0.5, 0.6) is 5.75 Å². The SMILES string of the molecule is CN(C)CCOc1cccc(NS(=O)(=O)CC(=O)O)c1. The molecule has 20 heavy (non-hydrogen) atoms. The second-order valence-corrected chi connectivity index (χ2v) is 6.16. The number of likely N-dealkylation sites (N-methyl/N-ethyl adjacent to an activating group) is 1. The molecule has 0 saturated carbocycles. The molecule has 0 saturated heterocycles. The van der Waals surface area contributed by atoms with Gasteiger partial charge in [-0.25, -0.2) is 8.42 Å². The first-order chi connectivity index (χ1) is 9.28. The summed E-state index contributed by atoms with van der Waals surface area (Å²) in [7, 11) is -0.0649. The van der Waals surface area contributed by atoms with Gasteiger partial charge in [-0.2, -0.15) is 0 Å². The first kappa shape index (κ1) is 16.3. The molecule has 0 heterocycles. The van der Waals surface area contributed by atoms with E-state index in [0.717, 1.165) is 6.54 Å². The van der Waals surface area contributed by atoms with Crippen LogP contribution in [0.3, 0.4) is 0 Å². The van der Waals surface area contributed by atoms with E-state index in [0.29, 0.717) is 12.4 Å². The molecule has 8 heteroatoms. The molecular weight excluding hydrogens is 284 g/mol. The topological polar surface area (TPSA) is 95.9 Å². The van der Waals surface area contributed by atoms with Crippen LogP contribution in [0.2, 0.25) is 0 Å². The van der Waals surface area contributed by atoms with Crippen molar-refractivity contribution in [3.8, 4) is 5.75 Å². The lowest BCUT2D eigenvalue weighted by Gasteiger charge is -2.12. The fraction of sp³-hybridized carbons (Fsp3) is 0.417. The molecule has 0 atom stereocenters. The maximum Gasteiger partial charge on any atom is 0.320 e. The van der Waals surface area contributed by atoms with Gasteiger partial charge in [0.1, 0.15) is 12.4 Å². The molecule has 0 fully saturated rings. The standard InChI is InChI=1S/C12H18N2O5S/c1-14(2)6-7-19-11-5-3-4-10(8-11)13-20(17,18)9-12(15)16/h3-5,8,13H,6-7,9H2,1-2H3,(H,15,16). The van der Waals surface area contributed by atoms with Crippen molar-refractivity contribution in [1.82, 2.24) is 4.90 Å². The van der Waals surface area contributed by atoms with E-state index in [-0.39, 0.29) is 5.69 Å². The van der Waals surface area contributed by atoms with E-state index in [1.807, 2.05) is 19.0 Å². The zero-order valence-electron chi connectivity index (χ0n) is 11.4. The number of hydrogen-bond donors (Lipinski definition) is 2. The lowest BCUT2D eigenvalue weighted by Crippen LogP contribution is -2.22. The van der Waals surface area contributed by atoms with Crippen LogP contribution in [-0.2, 0) is 14.8 Å². The number of carboxylic acids is 1. The van der Waals surface area contributed by atoms with Crippen LogP contribution in [-0.4, -0.2) is 57.4 Å². The molecule has 1 rings (SSSR count). The first-order valence-electron chi connectivity index (χ1n) is 5.88. The van der Waals surface area contributed by atoms with E-state index in [4.69, 9.17) is 9.84 Å². The first-order valence-corrected chi connectivity index (χ1v) is 7.53. The Hall–Kier alpha value is -1.80. The minimum atomic E-state index is -3.90. The number of carbonyl (C=O) groups is 1. The summed E-state index contributed by atoms with van der Waals surface area (Å²) in [4.78, 5) is 12.4. The molecule has 1 aromatic rings. The predicted molar refractivity (Wildman–Crippen MR) is 75.5 cm³/mol. The van der Waals surface area contributed by atoms with Gasteiger partial charge in [0.2, 0.25) is 10.0 Å². The third-order valence-electron chi connectivity index (χ3n) is 2.23. The fourth-order valence-corrected chi connectivity index (χ4v) is 2.26. The van der Waals surface area contributed by atoms with E-state index < -0.39 is 21.7 Å². The summed E-state index contributed by atoms with van der Waals surface area (Å²) < 4.78 is 30.6. The van der Waals surface area contributed by atoms with Crippen LogP contribution < -0.4 is 9.46 Å². The zero-order chi connectivity index (χ0) is 15.2. The number of nitrogens with one attached hydrogen (secondary N) is 1. The van der Waals surface area contributed by atoms with Gasteiger partial charge in [-0.3, -0.25) is 9.52 Å². The van der Waals surface area contributed by atoms with Gasteiger partial charge in [0.25, 0.3) is 0 Å². The highest BCUT2D eigenvalue weighted by molar-refractivity contribution is 7.93. The van der Waals surface area contributed by atoms with Crippen LogP contribution in [0, 0.1) is 0 Å². The van der Waals surface area contributed by atoms with Gasteiger partial charge in [-0.15, -0.1) is 0 Å². The number of nitrogens with zero attached hydrogens (tertiary/aromatic N) is 1. The number of ether oxygens (including phenoxy) is 1. The van der Waals surface area contributed by atoms with Gasteiger partial charge in [0.15, 0.2) is 5.75 Å². The summed E-state index contributed by atoms with van der Waals surface area (Å²) in [5.41, 5.74) is 0.272. The Bertz CT molecular complexity index is 557. The zero-order valence-corrected chi connectivity index (χ0v) is 12.2. The molecule has 0 amide bonds. The molecule has 0 bridgehead atoms. The number of hydrogen-bond acceptors (Lipinski definition) is 5. The highest BCUT2D eigenvalue weighted by atomic mass is 32.2. The smallest absolute Gasteiger partial charge is 0.320 e. The van der Waals surface area contributed by atoms with Crippen LogP contribution in [0.1, 0.15) is 0 Å². The third-order valence-corrected chi connectivity index (χ3v) is 3.40. The maximum atomic E-state index is 11.5. The Morgan fingerprint density at radius 2 is 2.10 bits per heavy atom. The van der Waals surface area contributed by atoms with Crippen molar-refractivity contribution in [3.63, 3.8) is 0 Å². The molecular formula is C12H18N2O5S. The van der Waals surface area contributed by atoms with Crippen LogP contribution in [0.15, 0.2) is 24.3 Å². The highest BCUT2D eigenvalue weighted by Crippen LogP contribution is 2.18. The van der Waals surface area contributed by atoms with E-state index in [2.05, 4.69) is 4.72 Å². The van der Waals surface area contributed by atoms with E-state index in [9.17, 15) is 13.2 Å². The monoisotopic (exact) mass is 302 g/mol. The molecule has 1 aromatic carbocycles. The van der Waals surface area contributed by atoms with Crippen LogP contribution in [0.25, 0.3) is 0 Å². The number of sulfonamides is 1. The summed E-state index contributed by atoms with van der Waals surface area (Å²) >= 11 is 0. The molecule has 2 N–H and O–H groups in total. The molecule has 7 nitrogen and oxygen atoms in total. The lowest BCUT2D eigenvalue weighted by atomic mass is 10.3. The van der Waals surface area contributed by atoms with Gasteiger partial charge in [-0.05, 0) is 26.2 Å². The van der Waals surface area contributed by atoms with Crippen molar-refractivity contribution >= 4 is 21.7 Å². The second kappa shape index (κ2) is 7.11. The summed E-state index contributed by atoms with van der Waals surface area (Å²) in [5, 5.41) is 8.50. The number of anilines is 1. The second-order valence-electron chi connectivity index (χ2n) is 4.43. The maximum absolute atomic E-state index is 11.5. The fourth-order valence-electron chi connectivity index (χ4n) is 1.37. The summed E-state index contributed by atoms with van der Waals surface area (Å²) in [6.45, 7) is 1.20. The minimum Gasteiger partial charge on any atom is -0.492 e.